The Kier molecular flexibility index (Phi) is 6.36. The maximum atomic E-state index is 11.5. The molecule has 1 fully saturated rings. The summed E-state index contributed by atoms with van der Waals surface area (Å²) in [4.78, 5) is 28.0. The van der Waals surface area contributed by atoms with Crippen molar-refractivity contribution in [1.82, 2.24) is 19.8 Å². The molecule has 1 aliphatic rings. The number of aromatic nitrogens is 2. The maximum Gasteiger partial charge on any atom is 0.404 e. The van der Waals surface area contributed by atoms with Crippen LogP contribution in [0.5, 0.6) is 0 Å². The van der Waals surface area contributed by atoms with Crippen molar-refractivity contribution in [3.63, 3.8) is 0 Å². The van der Waals surface area contributed by atoms with Gasteiger partial charge in [-0.25, -0.2) is 9.59 Å². The lowest BCUT2D eigenvalue weighted by Gasteiger charge is -2.31. The second kappa shape index (κ2) is 8.49. The molecule has 0 unspecified atom stereocenters. The molecule has 1 saturated heterocycles. The van der Waals surface area contributed by atoms with Gasteiger partial charge in [-0.15, -0.1) is 0 Å². The summed E-state index contributed by atoms with van der Waals surface area (Å²) in [5.74, 6) is 0.216. The Morgan fingerprint density at radius 3 is 2.74 bits per heavy atom. The summed E-state index contributed by atoms with van der Waals surface area (Å²) in [6.07, 6.45) is 2.28. The van der Waals surface area contributed by atoms with Crippen LogP contribution in [0.4, 0.5) is 10.6 Å². The van der Waals surface area contributed by atoms with Gasteiger partial charge in [-0.1, -0.05) is 0 Å². The molecule has 0 radical (unpaired) electrons. The third kappa shape index (κ3) is 5.87. The third-order valence-electron chi connectivity index (χ3n) is 3.84. The first-order valence-electron chi connectivity index (χ1n) is 7.67. The molecule has 0 atom stereocenters. The van der Waals surface area contributed by atoms with Gasteiger partial charge in [0, 0.05) is 31.9 Å². The van der Waals surface area contributed by atoms with E-state index in [9.17, 15) is 9.59 Å². The van der Waals surface area contributed by atoms with Crippen molar-refractivity contribution < 1.29 is 14.6 Å². The van der Waals surface area contributed by atoms with Crippen molar-refractivity contribution in [1.29, 1.82) is 0 Å². The summed E-state index contributed by atoms with van der Waals surface area (Å²) >= 11 is 0. The largest absolute Gasteiger partial charge is 0.465 e. The fourth-order valence-corrected chi connectivity index (χ4v) is 2.55. The summed E-state index contributed by atoms with van der Waals surface area (Å²) in [6, 6.07) is 1.63. The van der Waals surface area contributed by atoms with E-state index < -0.39 is 6.09 Å². The second-order valence-electron chi connectivity index (χ2n) is 5.51. The number of nitrogens with zero attached hydrogens (tertiary/aromatic N) is 3. The Bertz CT molecular complexity index is 569. The quantitative estimate of drug-likeness (QED) is 0.581. The van der Waals surface area contributed by atoms with Gasteiger partial charge in [0.25, 0.3) is 0 Å². The number of carboxylic acid groups (broad SMARTS) is 1. The van der Waals surface area contributed by atoms with Crippen LogP contribution in [0.25, 0.3) is 0 Å². The first-order chi connectivity index (χ1) is 11.0. The predicted octanol–water partition coefficient (Wildman–Crippen LogP) is -0.426. The number of nitrogens with one attached hydrogen (secondary N) is 1. The van der Waals surface area contributed by atoms with Gasteiger partial charge in [-0.3, -0.25) is 4.57 Å². The van der Waals surface area contributed by atoms with Crippen molar-refractivity contribution in [2.75, 3.05) is 38.6 Å². The zero-order valence-electron chi connectivity index (χ0n) is 13.0. The Hall–Kier alpha value is -2.13. The van der Waals surface area contributed by atoms with E-state index in [-0.39, 0.29) is 17.5 Å². The average molecular weight is 325 g/mol. The first-order valence-corrected chi connectivity index (χ1v) is 7.67. The number of hydrogen-bond donors (Lipinski definition) is 3. The Morgan fingerprint density at radius 2 is 2.09 bits per heavy atom. The van der Waals surface area contributed by atoms with E-state index in [4.69, 9.17) is 15.6 Å². The Morgan fingerprint density at radius 1 is 1.39 bits per heavy atom. The molecule has 1 amide bonds. The number of anilines is 1. The molecule has 1 aromatic heterocycles. The Labute approximate surface area is 134 Å². The number of nitrogen functional groups attached to an aromatic ring is 1. The molecule has 0 bridgehead atoms. The van der Waals surface area contributed by atoms with Crippen molar-refractivity contribution >= 4 is 11.9 Å². The molecule has 9 heteroatoms. The van der Waals surface area contributed by atoms with E-state index >= 15 is 0 Å². The number of hydrogen-bond acceptors (Lipinski definition) is 6. The van der Waals surface area contributed by atoms with Crippen molar-refractivity contribution in [2.24, 2.45) is 0 Å². The van der Waals surface area contributed by atoms with Crippen LogP contribution in [0, 0.1) is 0 Å². The molecule has 0 aromatic carbocycles. The fourth-order valence-electron chi connectivity index (χ4n) is 2.55. The lowest BCUT2D eigenvalue weighted by molar-refractivity contribution is 0.0862. The molecular formula is C14H23N5O4. The van der Waals surface area contributed by atoms with Gasteiger partial charge < -0.3 is 25.8 Å². The fraction of sp³-hybridized carbons (Fsp3) is 0.643. The first kappa shape index (κ1) is 17.2. The van der Waals surface area contributed by atoms with Gasteiger partial charge in [0.2, 0.25) is 0 Å². The predicted molar refractivity (Wildman–Crippen MR) is 84.4 cm³/mol. The van der Waals surface area contributed by atoms with E-state index in [0.29, 0.717) is 19.8 Å². The highest BCUT2D eigenvalue weighted by molar-refractivity contribution is 5.64. The van der Waals surface area contributed by atoms with Crippen molar-refractivity contribution in [3.05, 3.63) is 22.7 Å². The molecule has 9 nitrogen and oxygen atoms in total. The standard InChI is InChI=1S/C14H23N5O4/c15-12-3-6-19(13(20)17-12)8-10-23-9-7-18-4-1-11(2-5-18)16-14(21)22/h3,6,11,16H,1-2,4-5,7-10H2,(H,21,22)(H2,15,17,20). The third-order valence-corrected chi connectivity index (χ3v) is 3.84. The minimum atomic E-state index is -0.959. The number of carbonyl (C=O) groups is 1. The zero-order valence-corrected chi connectivity index (χ0v) is 13.0. The van der Waals surface area contributed by atoms with Crippen LogP contribution in [0.15, 0.2) is 17.1 Å². The molecule has 23 heavy (non-hydrogen) atoms. The Balaban J connectivity index is 1.58. The van der Waals surface area contributed by atoms with E-state index in [2.05, 4.69) is 15.2 Å². The second-order valence-corrected chi connectivity index (χ2v) is 5.51. The zero-order chi connectivity index (χ0) is 16.7. The van der Waals surface area contributed by atoms with Gasteiger partial charge >= 0.3 is 11.8 Å². The molecule has 0 aliphatic carbocycles. The summed E-state index contributed by atoms with van der Waals surface area (Å²) in [7, 11) is 0. The monoisotopic (exact) mass is 325 g/mol. The summed E-state index contributed by atoms with van der Waals surface area (Å²) in [6.45, 7) is 3.97. The van der Waals surface area contributed by atoms with E-state index in [1.165, 1.54) is 4.57 Å². The normalized spacial score (nSPS) is 16.3. The topological polar surface area (TPSA) is 123 Å². The number of likely N-dealkylation sites (tertiary alicyclic amines) is 1. The van der Waals surface area contributed by atoms with Gasteiger partial charge in [0.15, 0.2) is 0 Å². The van der Waals surface area contributed by atoms with Crippen LogP contribution < -0.4 is 16.7 Å². The molecule has 2 rings (SSSR count). The highest BCUT2D eigenvalue weighted by Gasteiger charge is 2.19. The van der Waals surface area contributed by atoms with Gasteiger partial charge in [-0.05, 0) is 18.9 Å². The lowest BCUT2D eigenvalue weighted by atomic mass is 10.1. The number of piperidine rings is 1. The molecule has 0 spiro atoms. The summed E-state index contributed by atoms with van der Waals surface area (Å²) in [5.41, 5.74) is 5.05. The van der Waals surface area contributed by atoms with Crippen LogP contribution in [0.3, 0.4) is 0 Å². The minimum absolute atomic E-state index is 0.0505. The number of nitrogens with two attached hydrogens (primary N) is 1. The molecule has 4 N–H and O–H groups in total. The van der Waals surface area contributed by atoms with Crippen LogP contribution in [0.2, 0.25) is 0 Å². The smallest absolute Gasteiger partial charge is 0.404 e. The molecule has 2 heterocycles. The summed E-state index contributed by atoms with van der Waals surface area (Å²) in [5, 5.41) is 11.2. The highest BCUT2D eigenvalue weighted by Crippen LogP contribution is 2.09. The van der Waals surface area contributed by atoms with Gasteiger partial charge in [0.05, 0.1) is 19.8 Å². The number of ether oxygens (including phenoxy) is 1. The van der Waals surface area contributed by atoms with Crippen LogP contribution in [-0.2, 0) is 11.3 Å². The average Bonchev–Trinajstić information content (AvgIpc) is 2.50. The molecular weight excluding hydrogens is 302 g/mol. The SMILES string of the molecule is Nc1ccn(CCOCCN2CCC(NC(=O)O)CC2)c(=O)n1. The van der Waals surface area contributed by atoms with Crippen molar-refractivity contribution in [2.45, 2.75) is 25.4 Å². The number of amides is 1. The van der Waals surface area contributed by atoms with Gasteiger partial charge in [0.1, 0.15) is 5.82 Å². The molecule has 1 aliphatic heterocycles. The van der Waals surface area contributed by atoms with E-state index in [1.807, 2.05) is 0 Å². The summed E-state index contributed by atoms with van der Waals surface area (Å²) < 4.78 is 7.00. The molecule has 128 valence electrons. The number of rotatable bonds is 7. The maximum absolute atomic E-state index is 11.5. The van der Waals surface area contributed by atoms with Gasteiger partial charge in [-0.2, -0.15) is 4.98 Å². The van der Waals surface area contributed by atoms with E-state index in [0.717, 1.165) is 32.5 Å². The van der Waals surface area contributed by atoms with E-state index in [1.54, 1.807) is 12.3 Å². The molecule has 0 saturated carbocycles. The van der Waals surface area contributed by atoms with Crippen LogP contribution in [0.1, 0.15) is 12.8 Å². The lowest BCUT2D eigenvalue weighted by Crippen LogP contribution is -2.45. The minimum Gasteiger partial charge on any atom is -0.465 e. The van der Waals surface area contributed by atoms with Crippen LogP contribution in [-0.4, -0.2) is 64.5 Å². The van der Waals surface area contributed by atoms with Crippen molar-refractivity contribution in [3.8, 4) is 0 Å². The highest BCUT2D eigenvalue weighted by atomic mass is 16.5. The molecule has 1 aromatic rings. The van der Waals surface area contributed by atoms with Crippen LogP contribution >= 0.6 is 0 Å².